The molecule has 9 N–H and O–H groups in total. The fourth-order valence-corrected chi connectivity index (χ4v) is 3.42. The molecule has 41 heavy (non-hydrogen) atoms. The van der Waals surface area contributed by atoms with Crippen molar-refractivity contribution in [3.63, 3.8) is 0 Å². The number of nitrogens with zero attached hydrogens (tertiary/aromatic N) is 2. The number of hydrogen-bond donors (Lipinski definition) is 6. The SMILES string of the molecule is C=C(N/C=C(/C(=C)O/C(CCN)=N\N)C(N)=NC)Nc1ccc2c(c1)C(C)(C)OC2=O.CCO.Cc1ccccc1. The number of nitrogens with one attached hydrogen (secondary N) is 2. The number of ether oxygens (including phenoxy) is 2. The second-order valence-electron chi connectivity index (χ2n) is 9.13. The number of aliphatic hydroxyl groups is 1. The summed E-state index contributed by atoms with van der Waals surface area (Å²) >= 11 is 0. The molecule has 0 saturated heterocycles. The molecule has 2 aromatic rings. The minimum absolute atomic E-state index is 0.185. The Morgan fingerprint density at radius 1 is 1.20 bits per heavy atom. The number of esters is 1. The number of nitrogens with two attached hydrogens (primary N) is 3. The standard InChI is InChI=1S/C21H29N7O3.C7H8.C2H6O/c1-12(30-18(28-24)8-9-22)16(19(23)25-5)11-26-13(2)27-14-6-7-15-17(10-14)21(3,4)31-20(15)29;1-7-5-3-2-4-6-7;1-2-3/h6-7,10-11,26-27H,1-2,8-9,22,24H2,3-5H3,(H2,23,25);2-6H,1H3;3H,2H2,1H3/b16-11-,28-18-;;. The molecule has 0 bridgehead atoms. The lowest BCUT2D eigenvalue weighted by atomic mass is 9.95. The van der Waals surface area contributed by atoms with Crippen LogP contribution in [0, 0.1) is 6.92 Å². The highest BCUT2D eigenvalue weighted by atomic mass is 16.6. The smallest absolute Gasteiger partial charge is 0.339 e. The molecule has 1 heterocycles. The van der Waals surface area contributed by atoms with E-state index in [1.807, 2.05) is 38.1 Å². The van der Waals surface area contributed by atoms with Gasteiger partial charge in [0.15, 0.2) is 0 Å². The van der Waals surface area contributed by atoms with Crippen molar-refractivity contribution >= 4 is 23.4 Å². The van der Waals surface area contributed by atoms with E-state index in [4.69, 9.17) is 31.9 Å². The van der Waals surface area contributed by atoms with Gasteiger partial charge in [0.25, 0.3) is 0 Å². The molecule has 11 heteroatoms. The van der Waals surface area contributed by atoms with Crippen LogP contribution in [-0.2, 0) is 15.1 Å². The van der Waals surface area contributed by atoms with Crippen LogP contribution in [0.15, 0.2) is 95.1 Å². The number of amidine groups is 1. The summed E-state index contributed by atoms with van der Waals surface area (Å²) in [4.78, 5) is 15.9. The normalized spacial score (nSPS) is 13.8. The molecule has 0 saturated carbocycles. The van der Waals surface area contributed by atoms with E-state index in [1.54, 1.807) is 25.3 Å². The summed E-state index contributed by atoms with van der Waals surface area (Å²) in [6.45, 7) is 15.8. The molecule has 1 aliphatic rings. The van der Waals surface area contributed by atoms with Gasteiger partial charge in [0, 0.05) is 44.1 Å². The fraction of sp³-hybridized carbons (Fsp3) is 0.300. The van der Waals surface area contributed by atoms with Gasteiger partial charge in [-0.15, -0.1) is 5.10 Å². The number of carbonyl (C=O) groups excluding carboxylic acids is 1. The summed E-state index contributed by atoms with van der Waals surface area (Å²) < 4.78 is 10.9. The first-order valence-electron chi connectivity index (χ1n) is 12.9. The van der Waals surface area contributed by atoms with E-state index in [9.17, 15) is 4.79 Å². The van der Waals surface area contributed by atoms with E-state index < -0.39 is 5.60 Å². The van der Waals surface area contributed by atoms with Crippen molar-refractivity contribution < 1.29 is 19.4 Å². The van der Waals surface area contributed by atoms with Crippen LogP contribution in [0.3, 0.4) is 0 Å². The highest BCUT2D eigenvalue weighted by molar-refractivity contribution is 6.01. The molecule has 0 amide bonds. The van der Waals surface area contributed by atoms with E-state index in [0.29, 0.717) is 29.9 Å². The number of carbonyl (C=O) groups is 1. The minimum Gasteiger partial charge on any atom is -0.451 e. The molecule has 0 radical (unpaired) electrons. The van der Waals surface area contributed by atoms with Crippen molar-refractivity contribution in [2.45, 2.75) is 39.7 Å². The number of aliphatic imine (C=N–C) groups is 1. The molecule has 0 aromatic heterocycles. The Balaban J connectivity index is 0.000000709. The maximum Gasteiger partial charge on any atom is 0.339 e. The topological polar surface area (TPSA) is 183 Å². The number of aliphatic hydroxyl groups excluding tert-OH is 1. The lowest BCUT2D eigenvalue weighted by Gasteiger charge is -2.19. The minimum atomic E-state index is -0.696. The third kappa shape index (κ3) is 11.2. The Bertz CT molecular complexity index is 1270. The number of rotatable bonds is 9. The van der Waals surface area contributed by atoms with Crippen molar-refractivity contribution in [2.24, 2.45) is 27.4 Å². The van der Waals surface area contributed by atoms with Gasteiger partial charge in [0.1, 0.15) is 17.2 Å². The summed E-state index contributed by atoms with van der Waals surface area (Å²) in [7, 11) is 1.54. The second kappa shape index (κ2) is 17.2. The van der Waals surface area contributed by atoms with Crippen molar-refractivity contribution in [3.8, 4) is 0 Å². The zero-order valence-corrected chi connectivity index (χ0v) is 24.5. The molecule has 3 rings (SSSR count). The molecule has 0 aliphatic carbocycles. The summed E-state index contributed by atoms with van der Waals surface area (Å²) in [5.41, 5.74) is 14.5. The third-order valence-corrected chi connectivity index (χ3v) is 5.42. The van der Waals surface area contributed by atoms with Gasteiger partial charge in [-0.1, -0.05) is 49.1 Å². The van der Waals surface area contributed by atoms with Crippen LogP contribution in [0.4, 0.5) is 5.69 Å². The van der Waals surface area contributed by atoms with Gasteiger partial charge < -0.3 is 42.5 Å². The predicted octanol–water partition coefficient (Wildman–Crippen LogP) is 3.58. The number of fused-ring (bicyclic) bond motifs is 1. The number of cyclic esters (lactones) is 1. The Morgan fingerprint density at radius 2 is 1.83 bits per heavy atom. The maximum absolute atomic E-state index is 11.9. The van der Waals surface area contributed by atoms with Gasteiger partial charge in [-0.25, -0.2) is 4.79 Å². The number of hydrazone groups is 1. The largest absolute Gasteiger partial charge is 0.451 e. The van der Waals surface area contributed by atoms with Crippen molar-refractivity contribution in [3.05, 3.63) is 102 Å². The van der Waals surface area contributed by atoms with Crippen molar-refractivity contribution in [1.82, 2.24) is 5.32 Å². The van der Waals surface area contributed by atoms with Gasteiger partial charge in [-0.2, -0.15) is 0 Å². The van der Waals surface area contributed by atoms with Crippen LogP contribution >= 0.6 is 0 Å². The molecule has 0 atom stereocenters. The molecule has 0 unspecified atom stereocenters. The highest BCUT2D eigenvalue weighted by Crippen LogP contribution is 2.37. The van der Waals surface area contributed by atoms with Gasteiger partial charge >= 0.3 is 5.97 Å². The number of hydrogen-bond acceptors (Lipinski definition) is 10. The van der Waals surface area contributed by atoms with E-state index in [1.165, 1.54) is 12.6 Å². The van der Waals surface area contributed by atoms with Crippen molar-refractivity contribution in [2.75, 3.05) is 25.5 Å². The molecular weight excluding hydrogens is 522 g/mol. The second-order valence-corrected chi connectivity index (χ2v) is 9.13. The van der Waals surface area contributed by atoms with Crippen LogP contribution in [0.5, 0.6) is 0 Å². The number of anilines is 1. The van der Waals surface area contributed by atoms with Crippen LogP contribution < -0.4 is 27.9 Å². The van der Waals surface area contributed by atoms with Gasteiger partial charge in [0.2, 0.25) is 5.90 Å². The molecule has 0 spiro atoms. The average Bonchev–Trinajstić information content (AvgIpc) is 3.16. The molecule has 11 nitrogen and oxygen atoms in total. The Hall–Kier alpha value is -4.61. The zero-order valence-electron chi connectivity index (χ0n) is 24.5. The Kier molecular flexibility index (Phi) is 14.4. The summed E-state index contributed by atoms with van der Waals surface area (Å²) in [6.07, 6.45) is 1.88. The first-order valence-corrected chi connectivity index (χ1v) is 12.9. The van der Waals surface area contributed by atoms with Gasteiger partial charge in [-0.3, -0.25) is 4.99 Å². The van der Waals surface area contributed by atoms with E-state index in [2.05, 4.69) is 52.9 Å². The first kappa shape index (κ1) is 34.4. The highest BCUT2D eigenvalue weighted by Gasteiger charge is 2.37. The molecular formula is C30H43N7O4. The quantitative estimate of drug-likeness (QED) is 0.0503. The predicted molar refractivity (Wildman–Crippen MR) is 166 cm³/mol. The molecule has 0 fully saturated rings. The monoisotopic (exact) mass is 565 g/mol. The van der Waals surface area contributed by atoms with Crippen molar-refractivity contribution in [1.29, 1.82) is 0 Å². The number of aryl methyl sites for hydroxylation is 1. The third-order valence-electron chi connectivity index (χ3n) is 5.42. The molecule has 222 valence electrons. The zero-order chi connectivity index (χ0) is 31.0. The average molecular weight is 566 g/mol. The maximum atomic E-state index is 11.9. The van der Waals surface area contributed by atoms with Crippen LogP contribution in [0.1, 0.15) is 48.7 Å². The van der Waals surface area contributed by atoms with Crippen LogP contribution in [-0.4, -0.2) is 43.0 Å². The molecule has 2 aromatic carbocycles. The lowest BCUT2D eigenvalue weighted by Crippen LogP contribution is -2.23. The molecule has 1 aliphatic heterocycles. The lowest BCUT2D eigenvalue weighted by molar-refractivity contribution is 0.00954. The summed E-state index contributed by atoms with van der Waals surface area (Å²) in [5, 5.41) is 17.2. The van der Waals surface area contributed by atoms with Gasteiger partial charge in [-0.05, 0) is 45.9 Å². The van der Waals surface area contributed by atoms with E-state index in [0.717, 1.165) is 11.3 Å². The Labute approximate surface area is 242 Å². The van der Waals surface area contributed by atoms with E-state index in [-0.39, 0.29) is 30.1 Å². The van der Waals surface area contributed by atoms with Gasteiger partial charge in [0.05, 0.1) is 17.0 Å². The summed E-state index contributed by atoms with van der Waals surface area (Å²) in [6, 6.07) is 15.6. The summed E-state index contributed by atoms with van der Waals surface area (Å²) in [5.74, 6) is 6.00. The van der Waals surface area contributed by atoms with Crippen LogP contribution in [0.25, 0.3) is 0 Å². The fourth-order valence-electron chi connectivity index (χ4n) is 3.42. The number of benzene rings is 2. The first-order chi connectivity index (χ1) is 19.4. The Morgan fingerprint density at radius 3 is 2.34 bits per heavy atom. The van der Waals surface area contributed by atoms with E-state index >= 15 is 0 Å². The van der Waals surface area contributed by atoms with Crippen LogP contribution in [0.2, 0.25) is 0 Å².